The van der Waals surface area contributed by atoms with Crippen molar-refractivity contribution >= 4 is 22.5 Å². The molecular weight excluding hydrogens is 236 g/mol. The summed E-state index contributed by atoms with van der Waals surface area (Å²) in [5.41, 5.74) is 1.38. The molecule has 0 fully saturated rings. The highest BCUT2D eigenvalue weighted by molar-refractivity contribution is 6.32. The monoisotopic (exact) mass is 244 g/mol. The summed E-state index contributed by atoms with van der Waals surface area (Å²) >= 11 is 6.08. The average molecular weight is 245 g/mol. The van der Waals surface area contributed by atoms with E-state index in [9.17, 15) is 4.79 Å². The van der Waals surface area contributed by atoms with Gasteiger partial charge < -0.3 is 0 Å². The molecule has 84 valence electrons. The van der Waals surface area contributed by atoms with E-state index in [1.807, 2.05) is 30.3 Å². The number of H-pyrrole nitrogens is 1. The second-order valence-electron chi connectivity index (χ2n) is 3.75. The van der Waals surface area contributed by atoms with Gasteiger partial charge in [-0.1, -0.05) is 35.9 Å². The van der Waals surface area contributed by atoms with E-state index in [0.29, 0.717) is 16.1 Å². The van der Waals surface area contributed by atoms with E-state index in [1.165, 1.54) is 4.68 Å². The van der Waals surface area contributed by atoms with Crippen molar-refractivity contribution in [1.82, 2.24) is 9.78 Å². The zero-order valence-electron chi connectivity index (χ0n) is 8.85. The van der Waals surface area contributed by atoms with Gasteiger partial charge in [0.05, 0.1) is 21.6 Å². The van der Waals surface area contributed by atoms with Crippen LogP contribution in [0.25, 0.3) is 16.6 Å². The molecule has 0 atom stereocenters. The summed E-state index contributed by atoms with van der Waals surface area (Å²) in [6, 6.07) is 14.6. The Hall–Kier alpha value is -2.00. The predicted molar refractivity (Wildman–Crippen MR) is 68.9 cm³/mol. The van der Waals surface area contributed by atoms with Crippen LogP contribution in [-0.2, 0) is 0 Å². The predicted octanol–water partition coefficient (Wildman–Crippen LogP) is 2.97. The van der Waals surface area contributed by atoms with Crippen LogP contribution < -0.4 is 5.56 Å². The summed E-state index contributed by atoms with van der Waals surface area (Å²) in [5, 5.41) is 4.24. The van der Waals surface area contributed by atoms with E-state index in [4.69, 9.17) is 11.6 Å². The Kier molecular flexibility index (Phi) is 2.27. The van der Waals surface area contributed by atoms with Gasteiger partial charge in [-0.2, -0.15) is 0 Å². The molecule has 1 N–H and O–H groups in total. The smallest absolute Gasteiger partial charge is 0.279 e. The first-order valence-electron chi connectivity index (χ1n) is 5.22. The Morgan fingerprint density at radius 3 is 2.47 bits per heavy atom. The van der Waals surface area contributed by atoms with Crippen molar-refractivity contribution in [3.8, 4) is 5.69 Å². The molecule has 0 radical (unpaired) electrons. The summed E-state index contributed by atoms with van der Waals surface area (Å²) < 4.78 is 1.47. The molecule has 3 aromatic rings. The second-order valence-corrected chi connectivity index (χ2v) is 4.16. The molecule has 0 aliphatic rings. The molecule has 0 aliphatic carbocycles. The first kappa shape index (κ1) is 10.2. The lowest BCUT2D eigenvalue weighted by molar-refractivity contribution is 0.864. The summed E-state index contributed by atoms with van der Waals surface area (Å²) in [4.78, 5) is 12.2. The van der Waals surface area contributed by atoms with Crippen LogP contribution in [0, 0.1) is 0 Å². The first-order chi connectivity index (χ1) is 8.27. The number of nitrogens with zero attached hydrogens (tertiary/aromatic N) is 1. The number of rotatable bonds is 1. The number of aromatic amines is 1. The van der Waals surface area contributed by atoms with Crippen LogP contribution in [0.5, 0.6) is 0 Å². The maximum Gasteiger partial charge on any atom is 0.279 e. The molecule has 0 amide bonds. The lowest BCUT2D eigenvalue weighted by atomic mass is 10.2. The first-order valence-corrected chi connectivity index (χ1v) is 5.60. The molecule has 0 spiro atoms. The van der Waals surface area contributed by atoms with Crippen molar-refractivity contribution in [2.75, 3.05) is 0 Å². The third-order valence-electron chi connectivity index (χ3n) is 2.69. The number of nitrogens with one attached hydrogen (secondary N) is 1. The maximum absolute atomic E-state index is 12.2. The van der Waals surface area contributed by atoms with Crippen LogP contribution in [0.4, 0.5) is 0 Å². The molecule has 3 rings (SSSR count). The molecule has 0 unspecified atom stereocenters. The third-order valence-corrected chi connectivity index (χ3v) is 3.01. The standard InChI is InChI=1S/C13H9ClN2O/c14-10-6-2-4-8-12(10)16-13(17)9-5-1-3-7-11(9)15-16/h1-8,15H. The number of hydrogen-bond donors (Lipinski definition) is 1. The fraction of sp³-hybridized carbons (Fsp3) is 0. The molecule has 3 nitrogen and oxygen atoms in total. The minimum Gasteiger partial charge on any atom is -0.290 e. The number of fused-ring (bicyclic) bond motifs is 1. The lowest BCUT2D eigenvalue weighted by Crippen LogP contribution is -2.14. The van der Waals surface area contributed by atoms with Gasteiger partial charge >= 0.3 is 0 Å². The van der Waals surface area contributed by atoms with Crippen molar-refractivity contribution in [3.63, 3.8) is 0 Å². The largest absolute Gasteiger partial charge is 0.290 e. The summed E-state index contributed by atoms with van der Waals surface area (Å²) in [6.45, 7) is 0. The molecule has 1 aromatic heterocycles. The third kappa shape index (κ3) is 1.56. The zero-order valence-corrected chi connectivity index (χ0v) is 9.61. The minimum atomic E-state index is -0.0892. The molecule has 4 heteroatoms. The minimum absolute atomic E-state index is 0.0892. The van der Waals surface area contributed by atoms with Crippen molar-refractivity contribution in [1.29, 1.82) is 0 Å². The number of aromatic nitrogens is 2. The van der Waals surface area contributed by atoms with Gasteiger partial charge in [0.25, 0.3) is 5.56 Å². The van der Waals surface area contributed by atoms with Gasteiger partial charge in [0.15, 0.2) is 0 Å². The average Bonchev–Trinajstić information content (AvgIpc) is 2.68. The molecule has 17 heavy (non-hydrogen) atoms. The highest BCUT2D eigenvalue weighted by Gasteiger charge is 2.09. The molecule has 1 heterocycles. The van der Waals surface area contributed by atoms with Crippen LogP contribution in [-0.4, -0.2) is 9.78 Å². The number of para-hydroxylation sites is 2. The van der Waals surface area contributed by atoms with Crippen molar-refractivity contribution in [2.45, 2.75) is 0 Å². The topological polar surface area (TPSA) is 37.8 Å². The second kappa shape index (κ2) is 3.79. The van der Waals surface area contributed by atoms with Gasteiger partial charge in [-0.3, -0.25) is 9.89 Å². The summed E-state index contributed by atoms with van der Waals surface area (Å²) in [6.07, 6.45) is 0. The van der Waals surface area contributed by atoms with Crippen LogP contribution in [0.3, 0.4) is 0 Å². The quantitative estimate of drug-likeness (QED) is 0.702. The van der Waals surface area contributed by atoms with E-state index in [1.54, 1.807) is 18.2 Å². The van der Waals surface area contributed by atoms with Gasteiger partial charge in [0, 0.05) is 0 Å². The van der Waals surface area contributed by atoms with Crippen molar-refractivity contribution < 1.29 is 0 Å². The number of hydrogen-bond acceptors (Lipinski definition) is 1. The van der Waals surface area contributed by atoms with Crippen molar-refractivity contribution in [2.24, 2.45) is 0 Å². The normalized spacial score (nSPS) is 10.9. The van der Waals surface area contributed by atoms with E-state index in [-0.39, 0.29) is 5.56 Å². The fourth-order valence-corrected chi connectivity index (χ4v) is 2.08. The van der Waals surface area contributed by atoms with Gasteiger partial charge in [-0.15, -0.1) is 0 Å². The van der Waals surface area contributed by atoms with E-state index >= 15 is 0 Å². The summed E-state index contributed by atoms with van der Waals surface area (Å²) in [5.74, 6) is 0. The number of benzene rings is 2. The highest BCUT2D eigenvalue weighted by Crippen LogP contribution is 2.19. The SMILES string of the molecule is O=c1c2ccccc2[nH]n1-c1ccccc1Cl. The van der Waals surface area contributed by atoms with E-state index in [2.05, 4.69) is 5.10 Å². The Balaban J connectivity index is 2.36. The van der Waals surface area contributed by atoms with Crippen LogP contribution >= 0.6 is 11.6 Å². The van der Waals surface area contributed by atoms with Gasteiger partial charge in [-0.25, -0.2) is 4.68 Å². The van der Waals surface area contributed by atoms with Crippen LogP contribution in [0.15, 0.2) is 53.3 Å². The molecule has 0 saturated carbocycles. The molecular formula is C13H9ClN2O. The molecule has 0 aliphatic heterocycles. The highest BCUT2D eigenvalue weighted by atomic mass is 35.5. The van der Waals surface area contributed by atoms with E-state index < -0.39 is 0 Å². The molecule has 0 bridgehead atoms. The van der Waals surface area contributed by atoms with Crippen LogP contribution in [0.2, 0.25) is 5.02 Å². The lowest BCUT2D eigenvalue weighted by Gasteiger charge is -2.02. The fourth-order valence-electron chi connectivity index (χ4n) is 1.86. The maximum atomic E-state index is 12.2. The summed E-state index contributed by atoms with van der Waals surface area (Å²) in [7, 11) is 0. The van der Waals surface area contributed by atoms with Gasteiger partial charge in [0.2, 0.25) is 0 Å². The molecule has 2 aromatic carbocycles. The Morgan fingerprint density at radius 2 is 1.71 bits per heavy atom. The number of halogens is 1. The van der Waals surface area contributed by atoms with Crippen molar-refractivity contribution in [3.05, 3.63) is 63.9 Å². The Bertz CT molecular complexity index is 742. The van der Waals surface area contributed by atoms with Gasteiger partial charge in [-0.05, 0) is 24.3 Å². The molecule has 0 saturated heterocycles. The van der Waals surface area contributed by atoms with E-state index in [0.717, 1.165) is 5.52 Å². The van der Waals surface area contributed by atoms with Crippen LogP contribution in [0.1, 0.15) is 0 Å². The van der Waals surface area contributed by atoms with Gasteiger partial charge in [0.1, 0.15) is 0 Å². The Morgan fingerprint density at radius 1 is 1.00 bits per heavy atom. The zero-order chi connectivity index (χ0) is 11.8. The Labute approximate surface area is 102 Å².